The largest absolute Gasteiger partial charge is 0.380 e. The molecule has 4 heteroatoms. The number of hydrogen-bond donors (Lipinski definition) is 1. The van der Waals surface area contributed by atoms with Gasteiger partial charge in [-0.1, -0.05) is 19.0 Å². The molecule has 17 heavy (non-hydrogen) atoms. The van der Waals surface area contributed by atoms with Crippen LogP contribution >= 0.6 is 0 Å². The number of aromatic nitrogens is 1. The van der Waals surface area contributed by atoms with E-state index in [0.717, 1.165) is 49.7 Å². The van der Waals surface area contributed by atoms with Crippen molar-refractivity contribution in [1.29, 1.82) is 0 Å². The van der Waals surface area contributed by atoms with E-state index in [4.69, 9.17) is 9.26 Å². The number of nitrogens with zero attached hydrogens (tertiary/aromatic N) is 1. The second-order valence-electron chi connectivity index (χ2n) is 4.77. The van der Waals surface area contributed by atoms with E-state index < -0.39 is 0 Å². The Balaban J connectivity index is 2.05. The van der Waals surface area contributed by atoms with Crippen LogP contribution in [0.5, 0.6) is 0 Å². The van der Waals surface area contributed by atoms with Gasteiger partial charge in [-0.25, -0.2) is 0 Å². The zero-order chi connectivity index (χ0) is 12.7. The van der Waals surface area contributed by atoms with Gasteiger partial charge in [-0.05, 0) is 26.2 Å². The van der Waals surface area contributed by atoms with E-state index in [2.05, 4.69) is 24.3 Å². The van der Waals surface area contributed by atoms with Crippen molar-refractivity contribution >= 4 is 0 Å². The van der Waals surface area contributed by atoms with E-state index in [1.807, 2.05) is 13.8 Å². The third-order valence-corrected chi connectivity index (χ3v) is 2.75. The van der Waals surface area contributed by atoms with Gasteiger partial charge >= 0.3 is 0 Å². The maximum absolute atomic E-state index is 5.52. The number of rotatable bonds is 8. The summed E-state index contributed by atoms with van der Waals surface area (Å²) in [7, 11) is 0. The highest BCUT2D eigenvalue weighted by molar-refractivity contribution is 5.20. The van der Waals surface area contributed by atoms with Crippen LogP contribution in [0.4, 0.5) is 0 Å². The molecule has 1 rings (SSSR count). The van der Waals surface area contributed by atoms with Gasteiger partial charge in [-0.3, -0.25) is 0 Å². The van der Waals surface area contributed by atoms with Crippen LogP contribution in [0.15, 0.2) is 4.52 Å². The van der Waals surface area contributed by atoms with Gasteiger partial charge in [0.2, 0.25) is 0 Å². The fourth-order valence-corrected chi connectivity index (χ4v) is 1.53. The summed E-state index contributed by atoms with van der Waals surface area (Å²) in [5.41, 5.74) is 2.13. The molecule has 1 aromatic rings. The van der Waals surface area contributed by atoms with Crippen molar-refractivity contribution in [3.8, 4) is 0 Å². The molecule has 1 N–H and O–H groups in total. The lowest BCUT2D eigenvalue weighted by atomic mass is 10.1. The molecule has 0 unspecified atom stereocenters. The highest BCUT2D eigenvalue weighted by Crippen LogP contribution is 2.11. The number of nitrogens with one attached hydrogen (secondary N) is 1. The van der Waals surface area contributed by atoms with Gasteiger partial charge in [-0.2, -0.15) is 0 Å². The third-order valence-electron chi connectivity index (χ3n) is 2.75. The Bertz CT molecular complexity index is 302. The van der Waals surface area contributed by atoms with E-state index in [1.54, 1.807) is 0 Å². The zero-order valence-electron chi connectivity index (χ0n) is 11.4. The van der Waals surface area contributed by atoms with E-state index >= 15 is 0 Å². The van der Waals surface area contributed by atoms with Crippen LogP contribution < -0.4 is 5.32 Å². The third kappa shape index (κ3) is 5.33. The van der Waals surface area contributed by atoms with Crippen LogP contribution in [0.1, 0.15) is 37.3 Å². The van der Waals surface area contributed by atoms with Crippen molar-refractivity contribution in [2.45, 2.75) is 40.7 Å². The summed E-state index contributed by atoms with van der Waals surface area (Å²) in [6, 6.07) is 0. The first-order valence-electron chi connectivity index (χ1n) is 6.31. The van der Waals surface area contributed by atoms with Crippen molar-refractivity contribution in [1.82, 2.24) is 10.5 Å². The molecule has 0 bridgehead atoms. The molecule has 0 saturated carbocycles. The second kappa shape index (κ2) is 7.45. The molecule has 0 aliphatic heterocycles. The quantitative estimate of drug-likeness (QED) is 0.709. The lowest BCUT2D eigenvalue weighted by molar-refractivity contribution is 0.125. The highest BCUT2D eigenvalue weighted by atomic mass is 16.5. The first kappa shape index (κ1) is 14.2. The molecular weight excluding hydrogens is 216 g/mol. The van der Waals surface area contributed by atoms with E-state index in [0.29, 0.717) is 5.92 Å². The molecule has 98 valence electrons. The molecule has 4 nitrogen and oxygen atoms in total. The average Bonchev–Trinajstić information content (AvgIpc) is 2.58. The Morgan fingerprint density at radius 3 is 2.65 bits per heavy atom. The summed E-state index contributed by atoms with van der Waals surface area (Å²) >= 11 is 0. The van der Waals surface area contributed by atoms with Gasteiger partial charge < -0.3 is 14.6 Å². The van der Waals surface area contributed by atoms with Gasteiger partial charge in [-0.15, -0.1) is 0 Å². The first-order valence-corrected chi connectivity index (χ1v) is 6.31. The Hall–Kier alpha value is -0.870. The zero-order valence-corrected chi connectivity index (χ0v) is 11.4. The minimum atomic E-state index is 0.713. The van der Waals surface area contributed by atoms with E-state index in [1.165, 1.54) is 0 Å². The molecule has 0 spiro atoms. The fourth-order valence-electron chi connectivity index (χ4n) is 1.53. The van der Waals surface area contributed by atoms with Gasteiger partial charge in [0, 0.05) is 25.3 Å². The summed E-state index contributed by atoms with van der Waals surface area (Å²) in [5.74, 6) is 1.61. The highest BCUT2D eigenvalue weighted by Gasteiger charge is 2.07. The summed E-state index contributed by atoms with van der Waals surface area (Å²) in [6.07, 6.45) is 1.13. The van der Waals surface area contributed by atoms with Crippen LogP contribution in [-0.4, -0.2) is 24.9 Å². The minimum absolute atomic E-state index is 0.713. The van der Waals surface area contributed by atoms with Crippen LogP contribution in [0.2, 0.25) is 0 Å². The molecular formula is C13H24N2O2. The SMILES string of the molecule is Cc1noc(C)c1CNCCOCCC(C)C. The number of aryl methyl sites for hydroxylation is 2. The van der Waals surface area contributed by atoms with E-state index in [9.17, 15) is 0 Å². The Labute approximate surface area is 104 Å². The molecule has 0 saturated heterocycles. The smallest absolute Gasteiger partial charge is 0.138 e. The topological polar surface area (TPSA) is 47.3 Å². The molecule has 0 aliphatic rings. The lowest BCUT2D eigenvalue weighted by Gasteiger charge is -2.07. The Morgan fingerprint density at radius 2 is 2.06 bits per heavy atom. The summed E-state index contributed by atoms with van der Waals surface area (Å²) in [5, 5.41) is 7.25. The van der Waals surface area contributed by atoms with Crippen LogP contribution in [0.3, 0.4) is 0 Å². The molecule has 0 atom stereocenters. The number of hydrogen-bond acceptors (Lipinski definition) is 4. The summed E-state index contributed by atoms with van der Waals surface area (Å²) in [6.45, 7) is 11.6. The lowest BCUT2D eigenvalue weighted by Crippen LogP contribution is -2.20. The van der Waals surface area contributed by atoms with Crippen molar-refractivity contribution in [3.05, 3.63) is 17.0 Å². The van der Waals surface area contributed by atoms with Crippen LogP contribution in [0.25, 0.3) is 0 Å². The molecule has 0 aromatic carbocycles. The Kier molecular flexibility index (Phi) is 6.22. The predicted molar refractivity (Wildman–Crippen MR) is 68.0 cm³/mol. The molecule has 1 aromatic heterocycles. The molecule has 0 amide bonds. The monoisotopic (exact) mass is 240 g/mol. The van der Waals surface area contributed by atoms with Gasteiger partial charge in [0.25, 0.3) is 0 Å². The molecule has 0 radical (unpaired) electrons. The minimum Gasteiger partial charge on any atom is -0.380 e. The van der Waals surface area contributed by atoms with Gasteiger partial charge in [0.05, 0.1) is 12.3 Å². The van der Waals surface area contributed by atoms with Crippen LogP contribution in [-0.2, 0) is 11.3 Å². The van der Waals surface area contributed by atoms with Crippen molar-refractivity contribution < 1.29 is 9.26 Å². The average molecular weight is 240 g/mol. The maximum Gasteiger partial charge on any atom is 0.138 e. The van der Waals surface area contributed by atoms with Crippen LogP contribution in [0, 0.1) is 19.8 Å². The first-order chi connectivity index (χ1) is 8.11. The van der Waals surface area contributed by atoms with Crippen molar-refractivity contribution in [2.75, 3.05) is 19.8 Å². The van der Waals surface area contributed by atoms with Gasteiger partial charge in [0.15, 0.2) is 0 Å². The Morgan fingerprint density at radius 1 is 1.29 bits per heavy atom. The standard InChI is InChI=1S/C13H24N2O2/c1-10(2)5-7-16-8-6-14-9-13-11(3)15-17-12(13)4/h10,14H,5-9H2,1-4H3. The summed E-state index contributed by atoms with van der Waals surface area (Å²) in [4.78, 5) is 0. The van der Waals surface area contributed by atoms with Crippen molar-refractivity contribution in [3.63, 3.8) is 0 Å². The maximum atomic E-state index is 5.52. The molecule has 1 heterocycles. The number of ether oxygens (including phenoxy) is 1. The molecule has 0 fully saturated rings. The predicted octanol–water partition coefficient (Wildman–Crippen LogP) is 2.44. The molecule has 0 aliphatic carbocycles. The summed E-state index contributed by atoms with van der Waals surface area (Å²) < 4.78 is 10.6. The fraction of sp³-hybridized carbons (Fsp3) is 0.769. The van der Waals surface area contributed by atoms with E-state index in [-0.39, 0.29) is 0 Å². The van der Waals surface area contributed by atoms with Gasteiger partial charge in [0.1, 0.15) is 5.76 Å². The second-order valence-corrected chi connectivity index (χ2v) is 4.77. The van der Waals surface area contributed by atoms with Crippen molar-refractivity contribution in [2.24, 2.45) is 5.92 Å². The normalized spacial score (nSPS) is 11.4.